The average molecular weight is 216 g/mol. The Balaban J connectivity index is 0. The van der Waals surface area contributed by atoms with E-state index in [4.69, 9.17) is 5.11 Å². The van der Waals surface area contributed by atoms with Crippen LogP contribution in [0.1, 0.15) is 66.7 Å². The summed E-state index contributed by atoms with van der Waals surface area (Å²) >= 11 is 0. The summed E-state index contributed by atoms with van der Waals surface area (Å²) in [5, 5.41) is 7.00. The maximum absolute atomic E-state index is 7.00. The van der Waals surface area contributed by atoms with Crippen molar-refractivity contribution in [1.29, 1.82) is 0 Å². The van der Waals surface area contributed by atoms with E-state index in [1.165, 1.54) is 32.1 Å². The molecule has 0 heterocycles. The van der Waals surface area contributed by atoms with Crippen LogP contribution in [-0.2, 0) is 0 Å². The highest BCUT2D eigenvalue weighted by atomic mass is 16.2. The Kier molecular flexibility index (Phi) is 13.9. The Labute approximate surface area is 97.3 Å². The Bertz CT molecular complexity index is 104. The zero-order chi connectivity index (χ0) is 12.3. The second-order valence-electron chi connectivity index (χ2n) is 4.94. The Hall–Kier alpha value is -0.0400. The van der Waals surface area contributed by atoms with Crippen LogP contribution in [0.4, 0.5) is 0 Å². The molecule has 15 heavy (non-hydrogen) atoms. The third-order valence-corrected chi connectivity index (χ3v) is 2.97. The first kappa shape index (κ1) is 17.4. The molecule has 0 aromatic rings. The zero-order valence-electron chi connectivity index (χ0n) is 11.7. The van der Waals surface area contributed by atoms with E-state index >= 15 is 0 Å². The summed E-state index contributed by atoms with van der Waals surface area (Å²) < 4.78 is 0. The molecule has 0 aromatic carbocycles. The van der Waals surface area contributed by atoms with E-state index in [1.807, 2.05) is 0 Å². The monoisotopic (exact) mass is 216 g/mol. The second-order valence-corrected chi connectivity index (χ2v) is 4.94. The van der Waals surface area contributed by atoms with Crippen molar-refractivity contribution >= 4 is 0 Å². The average Bonchev–Trinajstić information content (AvgIpc) is 2.19. The molecule has 0 bridgehead atoms. The van der Waals surface area contributed by atoms with Crippen LogP contribution in [0.15, 0.2) is 0 Å². The Morgan fingerprint density at radius 2 is 1.27 bits per heavy atom. The molecule has 0 fully saturated rings. The lowest BCUT2D eigenvalue weighted by atomic mass is 9.82. The molecule has 0 amide bonds. The maximum Gasteiger partial charge on any atom is 0.0319 e. The quantitative estimate of drug-likeness (QED) is 0.664. The maximum atomic E-state index is 7.00. The van der Waals surface area contributed by atoms with Crippen LogP contribution in [0.5, 0.6) is 0 Å². The van der Waals surface area contributed by atoms with Crippen molar-refractivity contribution in [1.82, 2.24) is 0 Å². The lowest BCUT2D eigenvalue weighted by Gasteiger charge is -2.24. The minimum Gasteiger partial charge on any atom is -0.400 e. The largest absolute Gasteiger partial charge is 0.400 e. The van der Waals surface area contributed by atoms with Gasteiger partial charge in [0.1, 0.15) is 0 Å². The molecule has 0 radical (unpaired) electrons. The zero-order valence-corrected chi connectivity index (χ0v) is 11.7. The lowest BCUT2D eigenvalue weighted by Crippen LogP contribution is -2.13. The van der Waals surface area contributed by atoms with E-state index < -0.39 is 0 Å². The van der Waals surface area contributed by atoms with Gasteiger partial charge in [-0.15, -0.1) is 0 Å². The SMILES string of the molecule is CCCC(CCC)C(C)CC(C)C.CO. The van der Waals surface area contributed by atoms with E-state index in [9.17, 15) is 0 Å². The van der Waals surface area contributed by atoms with Crippen LogP contribution in [0, 0.1) is 17.8 Å². The van der Waals surface area contributed by atoms with Crippen molar-refractivity contribution in [2.75, 3.05) is 7.11 Å². The molecular weight excluding hydrogens is 184 g/mol. The van der Waals surface area contributed by atoms with Gasteiger partial charge in [0.05, 0.1) is 0 Å². The highest BCUT2D eigenvalue weighted by Gasteiger charge is 2.16. The fourth-order valence-corrected chi connectivity index (χ4v) is 2.39. The van der Waals surface area contributed by atoms with E-state index in [0.717, 1.165) is 24.9 Å². The van der Waals surface area contributed by atoms with Gasteiger partial charge in [0, 0.05) is 7.11 Å². The molecule has 1 unspecified atom stereocenters. The molecule has 0 saturated carbocycles. The van der Waals surface area contributed by atoms with Crippen molar-refractivity contribution in [2.45, 2.75) is 66.7 Å². The molecule has 0 rings (SSSR count). The van der Waals surface area contributed by atoms with E-state index in [0.29, 0.717) is 0 Å². The minimum atomic E-state index is 0.867. The number of hydrogen-bond acceptors (Lipinski definition) is 1. The van der Waals surface area contributed by atoms with Gasteiger partial charge in [0.2, 0.25) is 0 Å². The molecule has 1 atom stereocenters. The number of hydrogen-bond donors (Lipinski definition) is 1. The topological polar surface area (TPSA) is 20.2 Å². The first-order valence-electron chi connectivity index (χ1n) is 6.56. The van der Waals surface area contributed by atoms with E-state index in [-0.39, 0.29) is 0 Å². The molecule has 1 nitrogen and oxygen atoms in total. The van der Waals surface area contributed by atoms with Gasteiger partial charge in [-0.05, 0) is 24.2 Å². The minimum absolute atomic E-state index is 0.867. The van der Waals surface area contributed by atoms with Crippen molar-refractivity contribution in [2.24, 2.45) is 17.8 Å². The van der Waals surface area contributed by atoms with Crippen molar-refractivity contribution in [3.8, 4) is 0 Å². The summed E-state index contributed by atoms with van der Waals surface area (Å²) in [7, 11) is 1.00. The predicted molar refractivity (Wildman–Crippen MR) is 70.1 cm³/mol. The molecule has 94 valence electrons. The molecule has 1 heteroatoms. The molecule has 0 spiro atoms. The lowest BCUT2D eigenvalue weighted by molar-refractivity contribution is 0.269. The first-order chi connectivity index (χ1) is 7.11. The Morgan fingerprint density at radius 3 is 1.53 bits per heavy atom. The fourth-order valence-electron chi connectivity index (χ4n) is 2.39. The molecular formula is C14H32O. The first-order valence-corrected chi connectivity index (χ1v) is 6.56. The summed E-state index contributed by atoms with van der Waals surface area (Å²) in [6.07, 6.45) is 6.98. The summed E-state index contributed by atoms with van der Waals surface area (Å²) in [6, 6.07) is 0. The molecule has 0 aliphatic rings. The van der Waals surface area contributed by atoms with Gasteiger partial charge in [-0.3, -0.25) is 0 Å². The second kappa shape index (κ2) is 12.0. The number of aliphatic hydroxyl groups is 1. The van der Waals surface area contributed by atoms with E-state index in [1.54, 1.807) is 0 Å². The van der Waals surface area contributed by atoms with Crippen LogP contribution in [0.25, 0.3) is 0 Å². The summed E-state index contributed by atoms with van der Waals surface area (Å²) in [4.78, 5) is 0. The fraction of sp³-hybridized carbons (Fsp3) is 1.00. The van der Waals surface area contributed by atoms with Crippen LogP contribution >= 0.6 is 0 Å². The molecule has 1 N–H and O–H groups in total. The van der Waals surface area contributed by atoms with Crippen molar-refractivity contribution in [3.05, 3.63) is 0 Å². The van der Waals surface area contributed by atoms with E-state index in [2.05, 4.69) is 34.6 Å². The summed E-state index contributed by atoms with van der Waals surface area (Å²) in [5.74, 6) is 2.78. The molecule has 0 aliphatic carbocycles. The van der Waals surface area contributed by atoms with Gasteiger partial charge in [-0.1, -0.05) is 60.3 Å². The third-order valence-electron chi connectivity index (χ3n) is 2.97. The number of aliphatic hydroxyl groups excluding tert-OH is 1. The van der Waals surface area contributed by atoms with Crippen LogP contribution in [0.3, 0.4) is 0 Å². The normalized spacial score (nSPS) is 12.6. The third kappa shape index (κ3) is 10.2. The van der Waals surface area contributed by atoms with Crippen LogP contribution in [0.2, 0.25) is 0 Å². The van der Waals surface area contributed by atoms with Gasteiger partial charge in [0.25, 0.3) is 0 Å². The highest BCUT2D eigenvalue weighted by molar-refractivity contribution is 4.67. The summed E-state index contributed by atoms with van der Waals surface area (Å²) in [5.41, 5.74) is 0. The molecule has 0 aliphatic heterocycles. The smallest absolute Gasteiger partial charge is 0.0319 e. The van der Waals surface area contributed by atoms with Gasteiger partial charge in [-0.25, -0.2) is 0 Å². The standard InChI is InChI=1S/C13H28.CH4O/c1-6-8-13(9-7-2)12(5)10-11(3)4;1-2/h11-13H,6-10H2,1-5H3;2H,1H3. The number of rotatable bonds is 7. The Morgan fingerprint density at radius 1 is 0.867 bits per heavy atom. The summed E-state index contributed by atoms with van der Waals surface area (Å²) in [6.45, 7) is 11.7. The van der Waals surface area contributed by atoms with Gasteiger partial charge < -0.3 is 5.11 Å². The van der Waals surface area contributed by atoms with Crippen molar-refractivity contribution < 1.29 is 5.11 Å². The highest BCUT2D eigenvalue weighted by Crippen LogP contribution is 2.27. The van der Waals surface area contributed by atoms with Gasteiger partial charge in [-0.2, -0.15) is 0 Å². The van der Waals surface area contributed by atoms with Gasteiger partial charge in [0.15, 0.2) is 0 Å². The van der Waals surface area contributed by atoms with Crippen LogP contribution < -0.4 is 0 Å². The van der Waals surface area contributed by atoms with Crippen molar-refractivity contribution in [3.63, 3.8) is 0 Å². The van der Waals surface area contributed by atoms with Gasteiger partial charge >= 0.3 is 0 Å². The molecule has 0 aromatic heterocycles. The molecule has 0 saturated heterocycles. The van der Waals surface area contributed by atoms with Crippen LogP contribution in [-0.4, -0.2) is 12.2 Å². The predicted octanol–water partition coefficient (Wildman–Crippen LogP) is 4.49.